The summed E-state index contributed by atoms with van der Waals surface area (Å²) in [4.78, 5) is 14.0. The third kappa shape index (κ3) is 4.91. The predicted octanol–water partition coefficient (Wildman–Crippen LogP) is 6.94. The molecule has 0 amide bonds. The SMILES string of the molecule is COc1ccc(C(=O)C2([C@@H](/C=C/c3ccccc3)c3ccccc3)SCCCS2)cc1. The Bertz CT molecular complexity index is 1010. The van der Waals surface area contributed by atoms with E-state index in [1.165, 1.54) is 5.56 Å². The Morgan fingerprint density at radius 2 is 1.52 bits per heavy atom. The number of methoxy groups -OCH3 is 1. The Morgan fingerprint density at radius 1 is 0.903 bits per heavy atom. The van der Waals surface area contributed by atoms with Crippen LogP contribution in [0.15, 0.2) is 91.0 Å². The van der Waals surface area contributed by atoms with Gasteiger partial charge in [0.25, 0.3) is 0 Å². The number of allylic oxidation sites excluding steroid dienone is 1. The van der Waals surface area contributed by atoms with Crippen molar-refractivity contribution in [2.75, 3.05) is 18.6 Å². The zero-order chi connectivity index (χ0) is 21.5. The number of ketones is 1. The van der Waals surface area contributed by atoms with Gasteiger partial charge < -0.3 is 4.74 Å². The predicted molar refractivity (Wildman–Crippen MR) is 134 cm³/mol. The lowest BCUT2D eigenvalue weighted by molar-refractivity contribution is 0.0973. The number of thioether (sulfide) groups is 2. The number of hydrogen-bond donors (Lipinski definition) is 0. The lowest BCUT2D eigenvalue weighted by Gasteiger charge is -2.40. The van der Waals surface area contributed by atoms with E-state index in [4.69, 9.17) is 4.74 Å². The summed E-state index contributed by atoms with van der Waals surface area (Å²) in [6.07, 6.45) is 5.49. The second-order valence-electron chi connectivity index (χ2n) is 7.43. The molecule has 4 rings (SSSR count). The molecule has 0 radical (unpaired) electrons. The van der Waals surface area contributed by atoms with Gasteiger partial charge in [0.05, 0.1) is 7.11 Å². The number of hydrogen-bond acceptors (Lipinski definition) is 4. The van der Waals surface area contributed by atoms with Crippen LogP contribution < -0.4 is 4.74 Å². The van der Waals surface area contributed by atoms with Gasteiger partial charge in [-0.25, -0.2) is 0 Å². The molecule has 1 fully saturated rings. The summed E-state index contributed by atoms with van der Waals surface area (Å²) in [5.74, 6) is 2.86. The molecule has 3 aromatic carbocycles. The van der Waals surface area contributed by atoms with Crippen LogP contribution in [0, 0.1) is 0 Å². The highest BCUT2D eigenvalue weighted by atomic mass is 32.2. The van der Waals surface area contributed by atoms with Crippen LogP contribution in [0.3, 0.4) is 0 Å². The first-order chi connectivity index (χ1) is 15.2. The monoisotopic (exact) mass is 446 g/mol. The molecule has 2 nitrogen and oxygen atoms in total. The molecule has 3 aromatic rings. The van der Waals surface area contributed by atoms with Gasteiger partial charge in [0, 0.05) is 11.5 Å². The van der Waals surface area contributed by atoms with Crippen molar-refractivity contribution < 1.29 is 9.53 Å². The molecule has 0 aromatic heterocycles. The van der Waals surface area contributed by atoms with Crippen molar-refractivity contribution in [1.82, 2.24) is 0 Å². The molecule has 1 heterocycles. The van der Waals surface area contributed by atoms with Gasteiger partial charge >= 0.3 is 0 Å². The number of ether oxygens (including phenoxy) is 1. The van der Waals surface area contributed by atoms with Crippen molar-refractivity contribution in [3.05, 3.63) is 108 Å². The van der Waals surface area contributed by atoms with E-state index in [0.29, 0.717) is 0 Å². The molecule has 4 heteroatoms. The van der Waals surface area contributed by atoms with Gasteiger partial charge in [-0.15, -0.1) is 23.5 Å². The Kier molecular flexibility index (Phi) is 7.21. The molecule has 0 unspecified atom stereocenters. The van der Waals surface area contributed by atoms with Crippen molar-refractivity contribution in [3.63, 3.8) is 0 Å². The molecule has 1 atom stereocenters. The van der Waals surface area contributed by atoms with Gasteiger partial charge in [0.15, 0.2) is 5.78 Å². The van der Waals surface area contributed by atoms with Gasteiger partial charge in [-0.3, -0.25) is 4.79 Å². The standard InChI is InChI=1S/C27H26O2S2/c1-29-24-16-14-23(15-17-24)26(28)27(30-19-8-20-31-27)25(22-11-6-3-7-12-22)18-13-21-9-4-2-5-10-21/h2-7,9-18,25H,8,19-20H2,1H3/b18-13+/t25-/m0/s1. The first-order valence-corrected chi connectivity index (χ1v) is 12.4. The van der Waals surface area contributed by atoms with Gasteiger partial charge in [0.1, 0.15) is 9.83 Å². The first-order valence-electron chi connectivity index (χ1n) is 10.5. The van der Waals surface area contributed by atoms with E-state index in [2.05, 4.69) is 48.6 Å². The van der Waals surface area contributed by atoms with Crippen LogP contribution >= 0.6 is 23.5 Å². The van der Waals surface area contributed by atoms with Crippen LogP contribution in [-0.2, 0) is 0 Å². The number of carbonyl (C=O) groups excluding carboxylic acids is 1. The van der Waals surface area contributed by atoms with Gasteiger partial charge in [-0.1, -0.05) is 72.8 Å². The molecule has 1 aliphatic rings. The first kappa shape index (κ1) is 21.8. The Labute approximate surface area is 193 Å². The van der Waals surface area contributed by atoms with Crippen LogP contribution in [0.4, 0.5) is 0 Å². The molecule has 1 aliphatic heterocycles. The fourth-order valence-corrected chi connectivity index (χ4v) is 7.32. The van der Waals surface area contributed by atoms with Crippen LogP contribution in [0.1, 0.15) is 33.8 Å². The highest BCUT2D eigenvalue weighted by Crippen LogP contribution is 2.54. The van der Waals surface area contributed by atoms with E-state index in [1.807, 2.05) is 48.5 Å². The molecule has 0 bridgehead atoms. The van der Waals surface area contributed by atoms with Gasteiger partial charge in [-0.05, 0) is 53.3 Å². The fraction of sp³-hybridized carbons (Fsp3) is 0.222. The van der Waals surface area contributed by atoms with E-state index >= 15 is 0 Å². The van der Waals surface area contributed by atoms with Crippen LogP contribution in [0.5, 0.6) is 5.75 Å². The minimum Gasteiger partial charge on any atom is -0.497 e. The average Bonchev–Trinajstić information content (AvgIpc) is 2.85. The van der Waals surface area contributed by atoms with Crippen LogP contribution in [0.2, 0.25) is 0 Å². The van der Waals surface area contributed by atoms with E-state index in [1.54, 1.807) is 30.6 Å². The maximum Gasteiger partial charge on any atom is 0.189 e. The maximum atomic E-state index is 14.0. The molecule has 1 saturated heterocycles. The van der Waals surface area contributed by atoms with Crippen molar-refractivity contribution >= 4 is 35.4 Å². The topological polar surface area (TPSA) is 26.3 Å². The van der Waals surface area contributed by atoms with Crippen molar-refractivity contribution in [2.45, 2.75) is 16.4 Å². The maximum absolute atomic E-state index is 14.0. The molecule has 0 N–H and O–H groups in total. The Morgan fingerprint density at radius 3 is 2.13 bits per heavy atom. The van der Waals surface area contributed by atoms with E-state index in [9.17, 15) is 4.79 Å². The number of rotatable bonds is 7. The second kappa shape index (κ2) is 10.3. The third-order valence-electron chi connectivity index (χ3n) is 5.44. The fourth-order valence-electron chi connectivity index (χ4n) is 3.83. The van der Waals surface area contributed by atoms with Crippen molar-refractivity contribution in [3.8, 4) is 5.75 Å². The molecule has 0 saturated carbocycles. The minimum atomic E-state index is -0.598. The minimum absolute atomic E-state index is 0.0428. The summed E-state index contributed by atoms with van der Waals surface area (Å²) in [6.45, 7) is 0. The average molecular weight is 447 g/mol. The molecule has 158 valence electrons. The quantitative estimate of drug-likeness (QED) is 0.367. The second-order valence-corrected chi connectivity index (χ2v) is 10.4. The summed E-state index contributed by atoms with van der Waals surface area (Å²) >= 11 is 3.59. The van der Waals surface area contributed by atoms with E-state index < -0.39 is 4.08 Å². The molecular weight excluding hydrogens is 420 g/mol. The molecule has 0 spiro atoms. The van der Waals surface area contributed by atoms with Crippen LogP contribution in [-0.4, -0.2) is 28.5 Å². The Hall–Kier alpha value is -2.43. The van der Waals surface area contributed by atoms with Crippen molar-refractivity contribution in [1.29, 1.82) is 0 Å². The summed E-state index contributed by atoms with van der Waals surface area (Å²) in [6, 6.07) is 28.2. The van der Waals surface area contributed by atoms with Crippen molar-refractivity contribution in [2.24, 2.45) is 0 Å². The zero-order valence-corrected chi connectivity index (χ0v) is 19.2. The lowest BCUT2D eigenvalue weighted by Crippen LogP contribution is -2.40. The summed E-state index contributed by atoms with van der Waals surface area (Å²) in [5.41, 5.74) is 3.04. The lowest BCUT2D eigenvalue weighted by atomic mass is 9.89. The van der Waals surface area contributed by atoms with Gasteiger partial charge in [0.2, 0.25) is 0 Å². The molecular formula is C27H26O2S2. The number of benzene rings is 3. The number of carbonyl (C=O) groups is 1. The Balaban J connectivity index is 1.78. The summed E-state index contributed by atoms with van der Waals surface area (Å²) in [7, 11) is 1.64. The molecule has 31 heavy (non-hydrogen) atoms. The van der Waals surface area contributed by atoms with E-state index in [0.717, 1.165) is 34.8 Å². The number of Topliss-reactive ketones (excluding diaryl/α,β-unsaturated/α-hetero) is 1. The van der Waals surface area contributed by atoms with E-state index in [-0.39, 0.29) is 11.7 Å². The normalized spacial score (nSPS) is 16.7. The highest BCUT2D eigenvalue weighted by molar-refractivity contribution is 8.20. The smallest absolute Gasteiger partial charge is 0.189 e. The molecule has 0 aliphatic carbocycles. The highest BCUT2D eigenvalue weighted by Gasteiger charge is 2.47. The summed E-state index contributed by atoms with van der Waals surface area (Å²) < 4.78 is 4.69. The third-order valence-corrected chi connectivity index (χ3v) is 8.87. The van der Waals surface area contributed by atoms with Crippen LogP contribution in [0.25, 0.3) is 6.08 Å². The van der Waals surface area contributed by atoms with Gasteiger partial charge in [-0.2, -0.15) is 0 Å². The zero-order valence-electron chi connectivity index (χ0n) is 17.6. The summed E-state index contributed by atoms with van der Waals surface area (Å²) in [5, 5.41) is 0. The largest absolute Gasteiger partial charge is 0.497 e.